The van der Waals surface area contributed by atoms with Gasteiger partial charge in [-0.3, -0.25) is 5.10 Å². The van der Waals surface area contributed by atoms with E-state index in [2.05, 4.69) is 32.4 Å². The Kier molecular flexibility index (Phi) is 4.30. The van der Waals surface area contributed by atoms with E-state index in [1.165, 1.54) is 0 Å². The Balaban J connectivity index is 2.04. The van der Waals surface area contributed by atoms with Crippen LogP contribution >= 0.6 is 0 Å². The van der Waals surface area contributed by atoms with Gasteiger partial charge in [-0.05, 0) is 6.42 Å². The van der Waals surface area contributed by atoms with Crippen molar-refractivity contribution in [3.8, 4) is 5.88 Å². The van der Waals surface area contributed by atoms with E-state index < -0.39 is 0 Å². The lowest BCUT2D eigenvalue weighted by Crippen LogP contribution is -2.09. The molecule has 18 heavy (non-hydrogen) atoms. The molecule has 0 aliphatic rings. The lowest BCUT2D eigenvalue weighted by molar-refractivity contribution is 0.0996. The van der Waals surface area contributed by atoms with Gasteiger partial charge in [-0.25, -0.2) is 0 Å². The number of anilines is 1. The first-order chi connectivity index (χ1) is 8.85. The molecule has 0 aliphatic carbocycles. The van der Waals surface area contributed by atoms with Crippen molar-refractivity contribution in [2.75, 3.05) is 32.2 Å². The van der Waals surface area contributed by atoms with Crippen molar-refractivity contribution in [3.05, 3.63) is 6.20 Å². The van der Waals surface area contributed by atoms with Crippen LogP contribution in [0.4, 0.5) is 5.95 Å². The number of rotatable bonds is 7. The Labute approximate surface area is 105 Å². The first kappa shape index (κ1) is 12.6. The molecule has 0 bridgehead atoms. The molecule has 0 saturated heterocycles. The van der Waals surface area contributed by atoms with Crippen LogP contribution in [-0.4, -0.2) is 47.0 Å². The molecule has 0 aromatic carbocycles. The van der Waals surface area contributed by atoms with Crippen molar-refractivity contribution in [1.82, 2.24) is 20.2 Å². The third-order valence-corrected chi connectivity index (χ3v) is 2.31. The topological polar surface area (TPSA) is 85.0 Å². The van der Waals surface area contributed by atoms with Crippen molar-refractivity contribution in [3.63, 3.8) is 0 Å². The highest BCUT2D eigenvalue weighted by Crippen LogP contribution is 2.21. The summed E-state index contributed by atoms with van der Waals surface area (Å²) in [5.74, 6) is 1.01. The summed E-state index contributed by atoms with van der Waals surface area (Å²) in [6, 6.07) is 0. The van der Waals surface area contributed by atoms with Crippen LogP contribution in [0, 0.1) is 0 Å². The van der Waals surface area contributed by atoms with Crippen LogP contribution in [-0.2, 0) is 4.74 Å². The van der Waals surface area contributed by atoms with Crippen LogP contribution in [0.1, 0.15) is 13.3 Å². The fourth-order valence-electron chi connectivity index (χ4n) is 1.47. The SMILES string of the molecule is CCCOCCOc1nc(NC)nc2[nH]ncc12. The zero-order chi connectivity index (χ0) is 12.8. The average Bonchev–Trinajstić information content (AvgIpc) is 2.86. The van der Waals surface area contributed by atoms with Crippen molar-refractivity contribution < 1.29 is 9.47 Å². The maximum absolute atomic E-state index is 5.59. The summed E-state index contributed by atoms with van der Waals surface area (Å²) in [5, 5.41) is 10.4. The molecule has 0 radical (unpaired) electrons. The van der Waals surface area contributed by atoms with Gasteiger partial charge in [-0.1, -0.05) is 6.92 Å². The predicted octanol–water partition coefficient (Wildman–Crippen LogP) is 1.20. The normalized spacial score (nSPS) is 10.8. The molecule has 7 heteroatoms. The molecule has 2 aromatic heterocycles. The molecule has 0 saturated carbocycles. The van der Waals surface area contributed by atoms with Gasteiger partial charge >= 0.3 is 0 Å². The molecule has 2 rings (SSSR count). The van der Waals surface area contributed by atoms with Gasteiger partial charge in [0.05, 0.1) is 12.8 Å². The van der Waals surface area contributed by atoms with E-state index in [1.54, 1.807) is 13.2 Å². The van der Waals surface area contributed by atoms with Crippen LogP contribution in [0.2, 0.25) is 0 Å². The number of hydrogen-bond acceptors (Lipinski definition) is 6. The Morgan fingerprint density at radius 2 is 2.17 bits per heavy atom. The Hall–Kier alpha value is -1.89. The number of aromatic amines is 1. The highest BCUT2D eigenvalue weighted by molar-refractivity contribution is 5.80. The number of H-pyrrole nitrogens is 1. The molecule has 0 unspecified atom stereocenters. The van der Waals surface area contributed by atoms with E-state index in [1.807, 2.05) is 0 Å². The quantitative estimate of drug-likeness (QED) is 0.719. The number of aromatic nitrogens is 4. The second-order valence-corrected chi connectivity index (χ2v) is 3.70. The van der Waals surface area contributed by atoms with E-state index in [9.17, 15) is 0 Å². The molecule has 0 amide bonds. The monoisotopic (exact) mass is 251 g/mol. The molecule has 0 fully saturated rings. The van der Waals surface area contributed by atoms with E-state index in [0.717, 1.165) is 18.4 Å². The first-order valence-electron chi connectivity index (χ1n) is 5.94. The maximum atomic E-state index is 5.59. The lowest BCUT2D eigenvalue weighted by Gasteiger charge is -2.07. The Bertz CT molecular complexity index is 499. The van der Waals surface area contributed by atoms with Crippen molar-refractivity contribution in [2.45, 2.75) is 13.3 Å². The first-order valence-corrected chi connectivity index (χ1v) is 5.94. The van der Waals surface area contributed by atoms with Gasteiger partial charge < -0.3 is 14.8 Å². The molecule has 2 N–H and O–H groups in total. The van der Waals surface area contributed by atoms with Gasteiger partial charge in [-0.2, -0.15) is 15.1 Å². The Morgan fingerprint density at radius 3 is 2.94 bits per heavy atom. The summed E-state index contributed by atoms with van der Waals surface area (Å²) in [5.41, 5.74) is 0.652. The van der Waals surface area contributed by atoms with Crippen LogP contribution in [0.5, 0.6) is 5.88 Å². The predicted molar refractivity (Wildman–Crippen MR) is 67.8 cm³/mol. The van der Waals surface area contributed by atoms with Crippen LogP contribution in [0.15, 0.2) is 6.20 Å². The smallest absolute Gasteiger partial charge is 0.229 e. The molecule has 98 valence electrons. The molecule has 0 spiro atoms. The summed E-state index contributed by atoms with van der Waals surface area (Å²) in [7, 11) is 1.76. The molecule has 0 atom stereocenters. The summed E-state index contributed by atoms with van der Waals surface area (Å²) < 4.78 is 10.9. The van der Waals surface area contributed by atoms with E-state index in [-0.39, 0.29) is 0 Å². The molecular weight excluding hydrogens is 234 g/mol. The van der Waals surface area contributed by atoms with Gasteiger partial charge in [0.15, 0.2) is 5.65 Å². The lowest BCUT2D eigenvalue weighted by atomic mass is 10.4. The molecule has 7 nitrogen and oxygen atoms in total. The van der Waals surface area contributed by atoms with Crippen molar-refractivity contribution in [1.29, 1.82) is 0 Å². The van der Waals surface area contributed by atoms with E-state index in [0.29, 0.717) is 30.7 Å². The molecule has 2 heterocycles. The summed E-state index contributed by atoms with van der Waals surface area (Å²) in [4.78, 5) is 8.47. The fourth-order valence-corrected chi connectivity index (χ4v) is 1.47. The van der Waals surface area contributed by atoms with Gasteiger partial charge in [0.2, 0.25) is 11.8 Å². The van der Waals surface area contributed by atoms with Crippen LogP contribution < -0.4 is 10.1 Å². The molecule has 0 aliphatic heterocycles. The standard InChI is InChI=1S/C11H17N5O2/c1-3-4-17-5-6-18-10-8-7-13-16-9(8)14-11(12-2)15-10/h7H,3-6H2,1-2H3,(H2,12,13,14,15,16). The minimum atomic E-state index is 0.459. The number of hydrogen-bond donors (Lipinski definition) is 2. The van der Waals surface area contributed by atoms with Gasteiger partial charge in [-0.15, -0.1) is 0 Å². The molecular formula is C11H17N5O2. The van der Waals surface area contributed by atoms with Crippen LogP contribution in [0.3, 0.4) is 0 Å². The van der Waals surface area contributed by atoms with Crippen molar-refractivity contribution >= 4 is 17.0 Å². The zero-order valence-corrected chi connectivity index (χ0v) is 10.6. The van der Waals surface area contributed by atoms with E-state index in [4.69, 9.17) is 9.47 Å². The minimum absolute atomic E-state index is 0.459. The Morgan fingerprint density at radius 1 is 1.28 bits per heavy atom. The summed E-state index contributed by atoms with van der Waals surface area (Å²) in [6.45, 7) is 3.82. The highest BCUT2D eigenvalue weighted by Gasteiger charge is 2.09. The summed E-state index contributed by atoms with van der Waals surface area (Å²) in [6.07, 6.45) is 2.65. The van der Waals surface area contributed by atoms with Gasteiger partial charge in [0, 0.05) is 13.7 Å². The second-order valence-electron chi connectivity index (χ2n) is 3.70. The van der Waals surface area contributed by atoms with Gasteiger partial charge in [0.25, 0.3) is 0 Å². The number of fused-ring (bicyclic) bond motifs is 1. The molecule has 2 aromatic rings. The van der Waals surface area contributed by atoms with Crippen LogP contribution in [0.25, 0.3) is 11.0 Å². The third-order valence-electron chi connectivity index (χ3n) is 2.31. The number of nitrogens with one attached hydrogen (secondary N) is 2. The largest absolute Gasteiger partial charge is 0.475 e. The fraction of sp³-hybridized carbons (Fsp3) is 0.545. The minimum Gasteiger partial charge on any atom is -0.475 e. The van der Waals surface area contributed by atoms with E-state index >= 15 is 0 Å². The third kappa shape index (κ3) is 2.86. The maximum Gasteiger partial charge on any atom is 0.229 e. The number of nitrogens with zero attached hydrogens (tertiary/aromatic N) is 3. The zero-order valence-electron chi connectivity index (χ0n) is 10.6. The van der Waals surface area contributed by atoms with Gasteiger partial charge in [0.1, 0.15) is 12.0 Å². The average molecular weight is 251 g/mol. The van der Waals surface area contributed by atoms with Crippen molar-refractivity contribution in [2.24, 2.45) is 0 Å². The number of ether oxygens (including phenoxy) is 2. The summed E-state index contributed by atoms with van der Waals surface area (Å²) >= 11 is 0. The second kappa shape index (κ2) is 6.15. The highest BCUT2D eigenvalue weighted by atomic mass is 16.5.